The van der Waals surface area contributed by atoms with Crippen LogP contribution in [0.25, 0.3) is 0 Å². The van der Waals surface area contributed by atoms with Gasteiger partial charge in [-0.15, -0.1) is 0 Å². The average molecular weight is 402 g/mol. The fourth-order valence-corrected chi connectivity index (χ4v) is 6.35. The van der Waals surface area contributed by atoms with Gasteiger partial charge >= 0.3 is 0 Å². The van der Waals surface area contributed by atoms with E-state index in [-0.39, 0.29) is 0 Å². The molecule has 0 aliphatic carbocycles. The zero-order valence-electron chi connectivity index (χ0n) is 19.5. The lowest BCUT2D eigenvalue weighted by Gasteiger charge is -2.22. The van der Waals surface area contributed by atoms with Crippen LogP contribution >= 0.6 is 0 Å². The molecule has 0 bridgehead atoms. The zero-order valence-corrected chi connectivity index (χ0v) is 20.5. The Bertz CT molecular complexity index is 437. The van der Waals surface area contributed by atoms with E-state index < -0.39 is 8.07 Å². The average Bonchev–Trinajstić information content (AvgIpc) is 2.71. The molecule has 0 aliphatic rings. The van der Waals surface area contributed by atoms with Gasteiger partial charge in [0.2, 0.25) is 0 Å². The molecule has 1 rings (SSSR count). The first-order chi connectivity index (χ1) is 13.7. The van der Waals surface area contributed by atoms with Gasteiger partial charge in [-0.1, -0.05) is 165 Å². The molecule has 0 aliphatic heterocycles. The lowest BCUT2D eigenvalue weighted by Crippen LogP contribution is -2.42. The van der Waals surface area contributed by atoms with Gasteiger partial charge < -0.3 is 0 Å². The SMILES string of the molecule is CCCCCCCCCCCCCCCCCC[CH][Si](C)(C)c1ccccc1. The summed E-state index contributed by atoms with van der Waals surface area (Å²) in [6, 6.07) is 13.8. The van der Waals surface area contributed by atoms with Crippen LogP contribution in [0.4, 0.5) is 0 Å². The summed E-state index contributed by atoms with van der Waals surface area (Å²) >= 11 is 0. The van der Waals surface area contributed by atoms with Crippen molar-refractivity contribution in [2.75, 3.05) is 0 Å². The molecule has 0 N–H and O–H groups in total. The fraction of sp³-hybridized carbons (Fsp3) is 0.741. The Morgan fingerprint density at radius 3 is 1.39 bits per heavy atom. The first-order valence-corrected chi connectivity index (χ1v) is 15.6. The molecule has 1 aromatic rings. The van der Waals surface area contributed by atoms with Gasteiger partial charge in [-0.05, 0) is 6.04 Å². The second-order valence-corrected chi connectivity index (χ2v) is 13.8. The molecule has 1 radical (unpaired) electrons. The van der Waals surface area contributed by atoms with E-state index >= 15 is 0 Å². The van der Waals surface area contributed by atoms with Crippen molar-refractivity contribution in [2.45, 2.75) is 129 Å². The summed E-state index contributed by atoms with van der Waals surface area (Å²) in [4.78, 5) is 0. The quantitative estimate of drug-likeness (QED) is 0.160. The summed E-state index contributed by atoms with van der Waals surface area (Å²) < 4.78 is 0. The van der Waals surface area contributed by atoms with E-state index in [4.69, 9.17) is 0 Å². The van der Waals surface area contributed by atoms with Gasteiger partial charge in [-0.3, -0.25) is 0 Å². The third-order valence-corrected chi connectivity index (χ3v) is 9.36. The zero-order chi connectivity index (χ0) is 20.3. The maximum absolute atomic E-state index is 2.66. The summed E-state index contributed by atoms with van der Waals surface area (Å²) in [5.41, 5.74) is 0. The minimum Gasteiger partial charge on any atom is -0.0654 e. The van der Waals surface area contributed by atoms with Gasteiger partial charge in [-0.25, -0.2) is 0 Å². The molecule has 0 unspecified atom stereocenters. The number of unbranched alkanes of at least 4 members (excludes halogenated alkanes) is 16. The Morgan fingerprint density at radius 2 is 0.964 bits per heavy atom. The van der Waals surface area contributed by atoms with E-state index in [1.807, 2.05) is 0 Å². The van der Waals surface area contributed by atoms with Crippen LogP contribution in [-0.2, 0) is 0 Å². The highest BCUT2D eigenvalue weighted by Gasteiger charge is 2.22. The van der Waals surface area contributed by atoms with E-state index in [1.54, 1.807) is 5.19 Å². The lowest BCUT2D eigenvalue weighted by atomic mass is 10.0. The predicted molar refractivity (Wildman–Crippen MR) is 132 cm³/mol. The summed E-state index contributed by atoms with van der Waals surface area (Å²) in [5, 5.41) is 1.58. The Kier molecular flexibility index (Phi) is 15.7. The molecule has 28 heavy (non-hydrogen) atoms. The molecule has 0 saturated carbocycles. The van der Waals surface area contributed by atoms with Crippen molar-refractivity contribution in [1.29, 1.82) is 0 Å². The maximum atomic E-state index is 2.66. The molecule has 0 spiro atoms. The van der Waals surface area contributed by atoms with Gasteiger partial charge in [0.25, 0.3) is 0 Å². The highest BCUT2D eigenvalue weighted by molar-refractivity contribution is 6.92. The first-order valence-electron chi connectivity index (χ1n) is 12.6. The summed E-state index contributed by atoms with van der Waals surface area (Å²) in [5.74, 6) is 0. The Labute approximate surface area is 178 Å². The molecule has 0 aromatic heterocycles. The van der Waals surface area contributed by atoms with Crippen LogP contribution < -0.4 is 5.19 Å². The van der Waals surface area contributed by atoms with Crippen LogP contribution in [-0.4, -0.2) is 8.07 Å². The second kappa shape index (κ2) is 17.3. The first kappa shape index (κ1) is 25.5. The molecule has 1 heteroatoms. The van der Waals surface area contributed by atoms with E-state index in [1.165, 1.54) is 109 Å². The number of rotatable bonds is 19. The summed E-state index contributed by atoms with van der Waals surface area (Å²) in [6.07, 6.45) is 24.5. The van der Waals surface area contributed by atoms with Crippen molar-refractivity contribution < 1.29 is 0 Å². The Balaban J connectivity index is 1.81. The number of hydrogen-bond donors (Lipinski definition) is 0. The van der Waals surface area contributed by atoms with Gasteiger partial charge in [0.05, 0.1) is 8.07 Å². The molecule has 0 atom stereocenters. The van der Waals surface area contributed by atoms with Crippen LogP contribution in [0.5, 0.6) is 0 Å². The van der Waals surface area contributed by atoms with Crippen LogP contribution in [0.2, 0.25) is 13.1 Å². The molecule has 0 nitrogen and oxygen atoms in total. The molecular weight excluding hydrogens is 352 g/mol. The van der Waals surface area contributed by atoms with Gasteiger partial charge in [0.15, 0.2) is 0 Å². The van der Waals surface area contributed by atoms with Crippen LogP contribution in [0.3, 0.4) is 0 Å². The second-order valence-electron chi connectivity index (χ2n) is 9.38. The fourth-order valence-electron chi connectivity index (χ4n) is 4.14. The van der Waals surface area contributed by atoms with Crippen molar-refractivity contribution in [1.82, 2.24) is 0 Å². The highest BCUT2D eigenvalue weighted by Crippen LogP contribution is 2.16. The standard InChI is InChI=1S/C27H49Si/c1-4-5-6-7-8-9-10-11-12-13-14-15-16-17-18-19-23-26-28(2,3)27-24-21-20-22-25-27/h20-22,24-26H,4-19,23H2,1-3H3. The minimum absolute atomic E-state index is 1.31. The van der Waals surface area contributed by atoms with Gasteiger partial charge in [0.1, 0.15) is 0 Å². The summed E-state index contributed by atoms with van der Waals surface area (Å²) in [6.45, 7) is 7.26. The van der Waals surface area contributed by atoms with E-state index in [0.717, 1.165) is 0 Å². The van der Waals surface area contributed by atoms with Crippen LogP contribution in [0.15, 0.2) is 30.3 Å². The Hall–Kier alpha value is -0.563. The molecule has 1 aromatic carbocycles. The van der Waals surface area contributed by atoms with Crippen molar-refractivity contribution in [3.8, 4) is 0 Å². The smallest absolute Gasteiger partial charge is 0.0654 e. The molecular formula is C27H49Si. The molecule has 161 valence electrons. The third-order valence-electron chi connectivity index (χ3n) is 6.23. The van der Waals surface area contributed by atoms with Crippen molar-refractivity contribution in [2.24, 2.45) is 0 Å². The van der Waals surface area contributed by atoms with Crippen LogP contribution in [0, 0.1) is 6.04 Å². The largest absolute Gasteiger partial charge is 0.0836 e. The highest BCUT2D eigenvalue weighted by atomic mass is 28.3. The normalized spacial score (nSPS) is 11.8. The van der Waals surface area contributed by atoms with Crippen molar-refractivity contribution in [3.63, 3.8) is 0 Å². The Morgan fingerprint density at radius 1 is 0.571 bits per heavy atom. The van der Waals surface area contributed by atoms with Gasteiger partial charge in [0, 0.05) is 0 Å². The molecule has 0 heterocycles. The van der Waals surface area contributed by atoms with Crippen molar-refractivity contribution >= 4 is 13.3 Å². The topological polar surface area (TPSA) is 0 Å². The summed E-state index contributed by atoms with van der Waals surface area (Å²) in [7, 11) is -1.31. The number of hydrogen-bond acceptors (Lipinski definition) is 0. The third kappa shape index (κ3) is 13.6. The minimum atomic E-state index is -1.31. The predicted octanol–water partition coefficient (Wildman–Crippen LogP) is 9.00. The molecule has 0 fully saturated rings. The van der Waals surface area contributed by atoms with E-state index in [9.17, 15) is 0 Å². The van der Waals surface area contributed by atoms with Crippen LogP contribution in [0.1, 0.15) is 116 Å². The number of benzene rings is 1. The monoisotopic (exact) mass is 401 g/mol. The van der Waals surface area contributed by atoms with Gasteiger partial charge in [-0.2, -0.15) is 0 Å². The van der Waals surface area contributed by atoms with E-state index in [2.05, 4.69) is 56.4 Å². The maximum Gasteiger partial charge on any atom is 0.0836 e. The van der Waals surface area contributed by atoms with E-state index in [0.29, 0.717) is 0 Å². The molecule has 0 saturated heterocycles. The lowest BCUT2D eigenvalue weighted by molar-refractivity contribution is 0.529. The molecule has 0 amide bonds. The van der Waals surface area contributed by atoms with Crippen molar-refractivity contribution in [3.05, 3.63) is 36.4 Å².